The molecule has 0 bridgehead atoms. The number of nitrogen functional groups attached to an aromatic ring is 1. The highest BCUT2D eigenvalue weighted by atomic mass is 32.3. The van der Waals surface area contributed by atoms with E-state index in [4.69, 9.17) is 14.3 Å². The summed E-state index contributed by atoms with van der Waals surface area (Å²) in [6.45, 7) is 0. The van der Waals surface area contributed by atoms with E-state index in [1.807, 2.05) is 0 Å². The average molecular weight is 451 g/mol. The van der Waals surface area contributed by atoms with E-state index in [-0.39, 0.29) is 27.0 Å². The molecule has 0 saturated heterocycles. The monoisotopic (exact) mass is 451 g/mol. The van der Waals surface area contributed by atoms with Crippen molar-refractivity contribution in [3.05, 3.63) is 76.5 Å². The van der Waals surface area contributed by atoms with Crippen LogP contribution in [0.2, 0.25) is 0 Å². The number of fused-ring (bicyclic) bond motifs is 3. The minimum atomic E-state index is -3.95. The molecule has 5 rings (SSSR count). The van der Waals surface area contributed by atoms with Crippen molar-refractivity contribution < 1.29 is 17.0 Å². The van der Waals surface area contributed by atoms with Crippen molar-refractivity contribution in [2.24, 2.45) is 0 Å². The number of thiophene rings is 1. The fraction of sp³-hybridized carbons (Fsp3) is 0. The number of hydrogen-bond acceptors (Lipinski definition) is 9. The van der Waals surface area contributed by atoms with Gasteiger partial charge in [0.15, 0.2) is 10.0 Å². The molecule has 5 aromatic rings. The number of nitrogens with two attached hydrogens (primary N) is 1. The van der Waals surface area contributed by atoms with Crippen molar-refractivity contribution in [1.82, 2.24) is 9.97 Å². The fourth-order valence-electron chi connectivity index (χ4n) is 3.17. The summed E-state index contributed by atoms with van der Waals surface area (Å²) in [5.74, 6) is 0.294. The number of para-hydroxylation sites is 1. The molecule has 2 N–H and O–H groups in total. The Labute approximate surface area is 179 Å². The molecule has 31 heavy (non-hydrogen) atoms. The van der Waals surface area contributed by atoms with Crippen LogP contribution in [-0.4, -0.2) is 18.4 Å². The molecule has 0 amide bonds. The topological polar surface area (TPSA) is 125 Å². The molecule has 3 heterocycles. The second-order valence-electron chi connectivity index (χ2n) is 6.54. The van der Waals surface area contributed by atoms with E-state index < -0.39 is 15.7 Å². The first kappa shape index (κ1) is 19.2. The van der Waals surface area contributed by atoms with Gasteiger partial charge >= 0.3 is 15.7 Å². The minimum absolute atomic E-state index is 0.0305. The number of aromatic nitrogens is 2. The van der Waals surface area contributed by atoms with E-state index in [1.54, 1.807) is 47.8 Å². The summed E-state index contributed by atoms with van der Waals surface area (Å²) < 4.78 is 35.5. The van der Waals surface area contributed by atoms with Gasteiger partial charge < -0.3 is 14.3 Å². The first-order valence-electron chi connectivity index (χ1n) is 9.00. The Morgan fingerprint density at radius 2 is 1.84 bits per heavy atom. The Balaban J connectivity index is 1.64. The van der Waals surface area contributed by atoms with Crippen LogP contribution in [0.3, 0.4) is 0 Å². The molecule has 0 saturated carbocycles. The van der Waals surface area contributed by atoms with Gasteiger partial charge in [-0.3, -0.25) is 0 Å². The third kappa shape index (κ3) is 3.41. The zero-order valence-electron chi connectivity index (χ0n) is 15.7. The molecule has 0 aliphatic heterocycles. The third-order valence-electron chi connectivity index (χ3n) is 4.53. The van der Waals surface area contributed by atoms with Crippen LogP contribution in [0.15, 0.2) is 79.5 Å². The second-order valence-corrected chi connectivity index (χ2v) is 9.26. The number of anilines is 1. The Hall–Kier alpha value is -3.76. The summed E-state index contributed by atoms with van der Waals surface area (Å²) >= 11 is 1.06. The SMILES string of the molecule is Nc1nc(-c2cccc(OS(=O)(=O)c3cccs3)c2)nc2c1c(=O)oc1ccccc12. The minimum Gasteiger partial charge on any atom is -0.422 e. The van der Waals surface area contributed by atoms with Crippen LogP contribution in [-0.2, 0) is 10.1 Å². The maximum absolute atomic E-state index is 12.4. The van der Waals surface area contributed by atoms with E-state index in [2.05, 4.69) is 9.97 Å². The Morgan fingerprint density at radius 1 is 1.00 bits per heavy atom. The van der Waals surface area contributed by atoms with Gasteiger partial charge in [0.05, 0.1) is 5.52 Å². The molecular formula is C21H13N3O5S2. The van der Waals surface area contributed by atoms with Crippen molar-refractivity contribution in [3.63, 3.8) is 0 Å². The second kappa shape index (κ2) is 7.18. The molecule has 10 heteroatoms. The predicted octanol–water partition coefficient (Wildman–Crippen LogP) is 3.81. The summed E-state index contributed by atoms with van der Waals surface area (Å²) in [4.78, 5) is 21.1. The molecule has 0 aliphatic rings. The maximum atomic E-state index is 12.4. The van der Waals surface area contributed by atoms with Gasteiger partial charge in [0, 0.05) is 10.9 Å². The average Bonchev–Trinajstić information content (AvgIpc) is 3.29. The zero-order chi connectivity index (χ0) is 21.6. The van der Waals surface area contributed by atoms with Gasteiger partial charge in [-0.15, -0.1) is 11.3 Å². The van der Waals surface area contributed by atoms with Gasteiger partial charge in [0.25, 0.3) is 0 Å². The lowest BCUT2D eigenvalue weighted by Gasteiger charge is -2.09. The number of rotatable bonds is 4. The van der Waals surface area contributed by atoms with Crippen molar-refractivity contribution in [2.75, 3.05) is 5.73 Å². The zero-order valence-corrected chi connectivity index (χ0v) is 17.3. The van der Waals surface area contributed by atoms with Crippen LogP contribution in [0, 0.1) is 0 Å². The van der Waals surface area contributed by atoms with Crippen LogP contribution in [0.5, 0.6) is 5.75 Å². The molecule has 3 aromatic heterocycles. The first-order valence-corrected chi connectivity index (χ1v) is 11.3. The Kier molecular flexibility index (Phi) is 4.45. The van der Waals surface area contributed by atoms with E-state index in [9.17, 15) is 13.2 Å². The van der Waals surface area contributed by atoms with Crippen LogP contribution >= 0.6 is 11.3 Å². The third-order valence-corrected chi connectivity index (χ3v) is 7.13. The summed E-state index contributed by atoms with van der Waals surface area (Å²) in [7, 11) is -3.95. The highest BCUT2D eigenvalue weighted by Crippen LogP contribution is 2.29. The molecule has 0 unspecified atom stereocenters. The lowest BCUT2D eigenvalue weighted by molar-refractivity contribution is 0.488. The molecule has 0 atom stereocenters. The molecule has 0 radical (unpaired) electrons. The Bertz CT molecular complexity index is 1610. The van der Waals surface area contributed by atoms with Crippen LogP contribution in [0.4, 0.5) is 5.82 Å². The first-order chi connectivity index (χ1) is 14.9. The van der Waals surface area contributed by atoms with Crippen molar-refractivity contribution in [3.8, 4) is 17.1 Å². The summed E-state index contributed by atoms with van der Waals surface area (Å²) in [5, 5.41) is 2.36. The highest BCUT2D eigenvalue weighted by molar-refractivity contribution is 7.89. The summed E-state index contributed by atoms with van der Waals surface area (Å²) in [6.07, 6.45) is 0. The van der Waals surface area contributed by atoms with E-state index in [1.165, 1.54) is 18.2 Å². The number of benzene rings is 2. The molecule has 0 fully saturated rings. The quantitative estimate of drug-likeness (QED) is 0.248. The van der Waals surface area contributed by atoms with Gasteiger partial charge in [0.1, 0.15) is 22.5 Å². The molecule has 2 aromatic carbocycles. The summed E-state index contributed by atoms with van der Waals surface area (Å²) in [6, 6.07) is 16.4. The molecule has 8 nitrogen and oxygen atoms in total. The van der Waals surface area contributed by atoms with Crippen molar-refractivity contribution in [1.29, 1.82) is 0 Å². The van der Waals surface area contributed by atoms with Gasteiger partial charge in [0.2, 0.25) is 0 Å². The standard InChI is InChI=1S/C21H13N3O5S2/c22-19-17-18(14-7-1-2-8-15(14)28-21(17)25)23-20(24-19)12-5-3-6-13(11-12)29-31(26,27)16-9-4-10-30-16/h1-11H,(H2,22,23,24). The normalized spacial score (nSPS) is 11.7. The number of nitrogens with zero attached hydrogens (tertiary/aromatic N) is 2. The van der Waals surface area contributed by atoms with Gasteiger partial charge in [-0.25, -0.2) is 14.8 Å². The van der Waals surface area contributed by atoms with Gasteiger partial charge in [-0.05, 0) is 35.7 Å². The highest BCUT2D eigenvalue weighted by Gasteiger charge is 2.19. The summed E-state index contributed by atoms with van der Waals surface area (Å²) in [5.41, 5.74) is 6.63. The van der Waals surface area contributed by atoms with Crippen LogP contribution < -0.4 is 15.5 Å². The molecule has 154 valence electrons. The smallest absolute Gasteiger partial charge is 0.349 e. The van der Waals surface area contributed by atoms with Gasteiger partial charge in [-0.1, -0.05) is 30.3 Å². The maximum Gasteiger partial charge on any atom is 0.349 e. The number of hydrogen-bond donors (Lipinski definition) is 1. The van der Waals surface area contributed by atoms with Gasteiger partial charge in [-0.2, -0.15) is 8.42 Å². The lowest BCUT2D eigenvalue weighted by atomic mass is 10.1. The molecular weight excluding hydrogens is 438 g/mol. The van der Waals surface area contributed by atoms with Crippen molar-refractivity contribution >= 4 is 49.1 Å². The van der Waals surface area contributed by atoms with Crippen molar-refractivity contribution in [2.45, 2.75) is 4.21 Å². The Morgan fingerprint density at radius 3 is 2.65 bits per heavy atom. The fourth-order valence-corrected chi connectivity index (χ4v) is 5.04. The van der Waals surface area contributed by atoms with E-state index in [0.717, 1.165) is 11.3 Å². The largest absolute Gasteiger partial charge is 0.422 e. The van der Waals surface area contributed by atoms with Crippen LogP contribution in [0.25, 0.3) is 33.3 Å². The van der Waals surface area contributed by atoms with Crippen LogP contribution in [0.1, 0.15) is 0 Å². The molecule has 0 spiro atoms. The van der Waals surface area contributed by atoms with E-state index in [0.29, 0.717) is 22.0 Å². The predicted molar refractivity (Wildman–Crippen MR) is 118 cm³/mol. The lowest BCUT2D eigenvalue weighted by Crippen LogP contribution is -2.09. The van der Waals surface area contributed by atoms with E-state index >= 15 is 0 Å². The molecule has 0 aliphatic carbocycles.